The monoisotopic (exact) mass is 655 g/mol. The van der Waals surface area contributed by atoms with Crippen molar-refractivity contribution in [3.63, 3.8) is 0 Å². The zero-order valence-corrected chi connectivity index (χ0v) is 21.4. The molecule has 4 nitrogen and oxygen atoms in total. The van der Waals surface area contributed by atoms with Gasteiger partial charge in [0.2, 0.25) is 11.6 Å². The van der Waals surface area contributed by atoms with E-state index in [9.17, 15) is 71.1 Å². The summed E-state index contributed by atoms with van der Waals surface area (Å²) >= 11 is 0. The van der Waals surface area contributed by atoms with Crippen LogP contribution in [0.1, 0.15) is 41.5 Å². The first-order chi connectivity index (χ1) is 16.1. The Morgan fingerprint density at radius 2 is 0.667 bits per heavy atom. The molecule has 2 N–H and O–H groups in total. The summed E-state index contributed by atoms with van der Waals surface area (Å²) in [5, 5.41) is 18.3. The normalized spacial score (nSPS) is 15.2. The predicted molar refractivity (Wildman–Crippen MR) is 102 cm³/mol. The van der Waals surface area contributed by atoms with Crippen molar-refractivity contribution in [3.05, 3.63) is 23.7 Å². The fraction of sp³-hybridized carbons (Fsp3) is 0.700. The van der Waals surface area contributed by atoms with E-state index in [1.54, 1.807) is 0 Å². The Balaban J connectivity index is -0.000000648. The zero-order valence-electron chi connectivity index (χ0n) is 20.5. The number of ketones is 2. The van der Waals surface area contributed by atoms with E-state index < -0.39 is 70.0 Å². The Labute approximate surface area is 222 Å². The molecule has 19 heteroatoms. The molecule has 0 heterocycles. The van der Waals surface area contributed by atoms with E-state index >= 15 is 0 Å². The molecule has 0 aliphatic heterocycles. The van der Waals surface area contributed by atoms with Crippen molar-refractivity contribution in [1.82, 2.24) is 0 Å². The summed E-state index contributed by atoms with van der Waals surface area (Å²) in [6.45, 7) is 7.45. The third-order valence-corrected chi connectivity index (χ3v) is 4.19. The van der Waals surface area contributed by atoms with Gasteiger partial charge in [-0.25, -0.2) is 0 Å². The molecule has 0 unspecified atom stereocenters. The van der Waals surface area contributed by atoms with Crippen molar-refractivity contribution >= 4 is 11.6 Å². The molecule has 0 spiro atoms. The largest absolute Gasteiger partial charge is 0.512 e. The van der Waals surface area contributed by atoms with Crippen LogP contribution in [-0.4, -0.2) is 57.8 Å². The van der Waals surface area contributed by atoms with Gasteiger partial charge in [0.1, 0.15) is 11.5 Å². The van der Waals surface area contributed by atoms with Crippen molar-refractivity contribution < 1.29 is 98.3 Å². The van der Waals surface area contributed by atoms with Crippen LogP contribution >= 0.6 is 0 Å². The molecule has 0 rings (SSSR count). The average molecular weight is 656 g/mol. The van der Waals surface area contributed by atoms with E-state index in [2.05, 4.69) is 0 Å². The van der Waals surface area contributed by atoms with Gasteiger partial charge in [-0.3, -0.25) is 9.59 Å². The van der Waals surface area contributed by atoms with Crippen molar-refractivity contribution in [3.8, 4) is 0 Å². The van der Waals surface area contributed by atoms with Crippen molar-refractivity contribution in [2.24, 2.45) is 10.8 Å². The van der Waals surface area contributed by atoms with E-state index in [1.165, 1.54) is 41.5 Å². The number of alkyl halides is 14. The second-order valence-corrected chi connectivity index (χ2v) is 9.58. The van der Waals surface area contributed by atoms with Gasteiger partial charge in [-0.2, -0.15) is 61.5 Å². The fourth-order valence-electron chi connectivity index (χ4n) is 1.53. The molecule has 0 aromatic carbocycles. The van der Waals surface area contributed by atoms with E-state index in [4.69, 9.17) is 10.2 Å². The topological polar surface area (TPSA) is 74.6 Å². The van der Waals surface area contributed by atoms with Crippen LogP contribution in [0, 0.1) is 10.8 Å². The van der Waals surface area contributed by atoms with Gasteiger partial charge in [0.25, 0.3) is 0 Å². The number of rotatable bonds is 6. The number of carbonyl (C=O) groups is 2. The van der Waals surface area contributed by atoms with Crippen LogP contribution < -0.4 is 0 Å². The molecule has 0 aliphatic rings. The minimum absolute atomic E-state index is 0. The molecule has 235 valence electrons. The van der Waals surface area contributed by atoms with Crippen molar-refractivity contribution in [2.45, 2.75) is 77.6 Å². The van der Waals surface area contributed by atoms with Crippen LogP contribution in [0.4, 0.5) is 61.5 Å². The third kappa shape index (κ3) is 9.53. The maximum Gasteiger partial charge on any atom is 0.460 e. The van der Waals surface area contributed by atoms with Gasteiger partial charge in [-0.15, -0.1) is 0 Å². The zero-order chi connectivity index (χ0) is 31.7. The van der Waals surface area contributed by atoms with Gasteiger partial charge in [0.05, 0.1) is 0 Å². The van der Waals surface area contributed by atoms with Gasteiger partial charge in [-0.05, 0) is 0 Å². The van der Waals surface area contributed by atoms with Crippen molar-refractivity contribution in [2.75, 3.05) is 0 Å². The van der Waals surface area contributed by atoms with E-state index in [0.717, 1.165) is 0 Å². The number of aliphatic hydroxyl groups is 2. The van der Waals surface area contributed by atoms with Gasteiger partial charge < -0.3 is 10.2 Å². The Bertz CT molecular complexity index is 858. The van der Waals surface area contributed by atoms with E-state index in [1.807, 2.05) is 0 Å². The number of hydrogen-bond donors (Lipinski definition) is 2. The summed E-state index contributed by atoms with van der Waals surface area (Å²) in [6.07, 6.45) is -13.8. The molecular weight excluding hydrogens is 634 g/mol. The number of halogens is 14. The first kappa shape index (κ1) is 41.4. The molecule has 0 atom stereocenters. The van der Waals surface area contributed by atoms with Crippen LogP contribution in [0.2, 0.25) is 0 Å². The Hall–Kier alpha value is -2.04. The van der Waals surface area contributed by atoms with Crippen LogP contribution in [0.3, 0.4) is 0 Å². The smallest absolute Gasteiger partial charge is 0.460 e. The molecule has 0 saturated heterocycles. The molecule has 0 saturated carbocycles. The molecule has 0 aliphatic carbocycles. The number of allylic oxidation sites excluding steroid dienone is 4. The molecule has 0 bridgehead atoms. The Kier molecular flexibility index (Phi) is 13.0. The maximum atomic E-state index is 12.9. The number of carbonyl (C=O) groups excluding carboxylic acids is 2. The number of hydrogen-bond acceptors (Lipinski definition) is 4. The SMILES string of the molecule is CC(C)(C)/C(O)=C/C(=O)C(F)(F)C(F)(F)C(F)(F)F.CC(C)(C)/C(O)=C/C(=O)C(F)(F)C(F)(F)C(F)(F)F.[Cu]. The summed E-state index contributed by atoms with van der Waals surface area (Å²) in [5.41, 5.74) is -2.50. The molecule has 0 aromatic heterocycles. The summed E-state index contributed by atoms with van der Waals surface area (Å²) in [5.74, 6) is -32.7. The van der Waals surface area contributed by atoms with Gasteiger partial charge >= 0.3 is 36.0 Å². The molecule has 1 radical (unpaired) electrons. The molecule has 39 heavy (non-hydrogen) atoms. The minimum Gasteiger partial charge on any atom is -0.512 e. The van der Waals surface area contributed by atoms with Gasteiger partial charge in [0, 0.05) is 40.1 Å². The summed E-state index contributed by atoms with van der Waals surface area (Å²) in [7, 11) is 0. The maximum absolute atomic E-state index is 12.9. The van der Waals surface area contributed by atoms with Crippen LogP contribution in [0.5, 0.6) is 0 Å². The minimum atomic E-state index is -6.59. The Morgan fingerprint density at radius 1 is 0.487 bits per heavy atom. The molecule has 0 amide bonds. The first-order valence-electron chi connectivity index (χ1n) is 9.66. The van der Waals surface area contributed by atoms with Gasteiger partial charge in [-0.1, -0.05) is 41.5 Å². The van der Waals surface area contributed by atoms with Gasteiger partial charge in [0.15, 0.2) is 0 Å². The first-order valence-corrected chi connectivity index (χ1v) is 9.66. The Morgan fingerprint density at radius 3 is 0.795 bits per heavy atom. The molecule has 0 aromatic rings. The van der Waals surface area contributed by atoms with Crippen LogP contribution in [0.15, 0.2) is 23.7 Å². The van der Waals surface area contributed by atoms with Crippen LogP contribution in [-0.2, 0) is 26.7 Å². The number of aliphatic hydroxyl groups excluding tert-OH is 2. The van der Waals surface area contributed by atoms with Crippen molar-refractivity contribution in [1.29, 1.82) is 0 Å². The van der Waals surface area contributed by atoms with E-state index in [-0.39, 0.29) is 29.2 Å². The standard InChI is InChI=1S/2C10H11F7O2.Cu/c2*1-7(2,3)5(18)4-6(19)8(11,12)9(13,14)10(15,16)17;/h2*4,18H,1-3H3;/b2*5-4-;. The third-order valence-electron chi connectivity index (χ3n) is 4.19. The predicted octanol–water partition coefficient (Wildman–Crippen LogP) is 7.75. The quantitative estimate of drug-likeness (QED) is 0.133. The van der Waals surface area contributed by atoms with Crippen LogP contribution in [0.25, 0.3) is 0 Å². The average Bonchev–Trinajstić information content (AvgIpc) is 2.64. The molecule has 0 fully saturated rings. The second-order valence-electron chi connectivity index (χ2n) is 9.58. The van der Waals surface area contributed by atoms with E-state index in [0.29, 0.717) is 0 Å². The molecular formula is C20H22CuF14O4. The summed E-state index contributed by atoms with van der Waals surface area (Å²) in [4.78, 5) is 21.7. The second kappa shape index (κ2) is 12.2. The fourth-order valence-corrected chi connectivity index (χ4v) is 1.53. The summed E-state index contributed by atoms with van der Waals surface area (Å²) < 4.78 is 172. The summed E-state index contributed by atoms with van der Waals surface area (Å²) in [6, 6.07) is 0.